The van der Waals surface area contributed by atoms with E-state index in [2.05, 4.69) is 15.2 Å². The van der Waals surface area contributed by atoms with Crippen LogP contribution in [0.2, 0.25) is 0 Å². The molecule has 5 nitrogen and oxygen atoms in total. The lowest BCUT2D eigenvalue weighted by atomic mass is 9.97. The molecule has 4 rings (SSSR count). The minimum atomic E-state index is -0.540. The second-order valence-electron chi connectivity index (χ2n) is 9.04. The van der Waals surface area contributed by atoms with E-state index in [0.717, 1.165) is 22.3 Å². The topological polar surface area (TPSA) is 54.5 Å². The van der Waals surface area contributed by atoms with E-state index in [-0.39, 0.29) is 17.3 Å². The monoisotopic (exact) mass is 433 g/mol. The number of carbonyl (C=O) groups is 1. The largest absolute Gasteiger partial charge is 0.492 e. The summed E-state index contributed by atoms with van der Waals surface area (Å²) in [5.41, 5.74) is 3.39. The van der Waals surface area contributed by atoms with Gasteiger partial charge in [-0.3, -0.25) is 14.7 Å². The molecule has 1 aliphatic heterocycles. The lowest BCUT2D eigenvalue weighted by Crippen LogP contribution is -2.47. The number of ether oxygens (including phenoxy) is 1. The quantitative estimate of drug-likeness (QED) is 0.646. The van der Waals surface area contributed by atoms with Crippen LogP contribution in [0.1, 0.15) is 37.9 Å². The lowest BCUT2D eigenvalue weighted by molar-refractivity contribution is -0.128. The number of aromatic nitrogens is 1. The number of nitrogens with zero attached hydrogens (tertiary/aromatic N) is 2. The number of rotatable bonds is 4. The Bertz CT molecular complexity index is 1090. The number of fused-ring (bicyclic) bond motifs is 1. The Kier molecular flexibility index (Phi) is 6.24. The number of pyridine rings is 1. The van der Waals surface area contributed by atoms with Gasteiger partial charge in [-0.05, 0) is 55.7 Å². The average Bonchev–Trinajstić information content (AvgIpc) is 2.93. The number of hydrogen-bond acceptors (Lipinski definition) is 4. The molecule has 1 aromatic heterocycles. The van der Waals surface area contributed by atoms with Crippen LogP contribution in [0.4, 0.5) is 4.39 Å². The summed E-state index contributed by atoms with van der Waals surface area (Å²) in [6, 6.07) is 15.8. The van der Waals surface area contributed by atoms with Gasteiger partial charge in [0.15, 0.2) is 0 Å². The number of carbonyl (C=O) groups excluding carboxylic acids is 1. The normalized spacial score (nSPS) is 16.6. The van der Waals surface area contributed by atoms with E-state index in [1.165, 1.54) is 12.1 Å². The highest BCUT2D eigenvalue weighted by Crippen LogP contribution is 2.34. The molecule has 0 aliphatic carbocycles. The van der Waals surface area contributed by atoms with Gasteiger partial charge in [-0.25, -0.2) is 4.39 Å². The zero-order chi connectivity index (χ0) is 22.7. The minimum Gasteiger partial charge on any atom is -0.492 e. The van der Waals surface area contributed by atoms with Crippen molar-refractivity contribution in [2.24, 2.45) is 0 Å². The third-order valence-corrected chi connectivity index (χ3v) is 5.40. The standard InChI is InChI=1S/C26H28FN3O2/c1-26(2,3)29-25(31)24-22-16-28-13-12-23(22)32-15-14-30(24)17-19-6-4-5-7-21(19)18-8-10-20(27)11-9-18/h4-13,16,24H,14-15,17H2,1-3H3,(H,29,31). The molecule has 1 aliphatic rings. The fourth-order valence-corrected chi connectivity index (χ4v) is 4.03. The predicted molar refractivity (Wildman–Crippen MR) is 123 cm³/mol. The lowest BCUT2D eigenvalue weighted by Gasteiger charge is -2.32. The summed E-state index contributed by atoms with van der Waals surface area (Å²) in [7, 11) is 0. The average molecular weight is 434 g/mol. The summed E-state index contributed by atoms with van der Waals surface area (Å²) in [5, 5.41) is 3.12. The summed E-state index contributed by atoms with van der Waals surface area (Å²) in [6.45, 7) is 7.49. The number of amides is 1. The summed E-state index contributed by atoms with van der Waals surface area (Å²) < 4.78 is 19.4. The fraction of sp³-hybridized carbons (Fsp3) is 0.308. The molecule has 0 saturated carbocycles. The van der Waals surface area contributed by atoms with Crippen LogP contribution in [0.15, 0.2) is 67.0 Å². The van der Waals surface area contributed by atoms with E-state index >= 15 is 0 Å². The van der Waals surface area contributed by atoms with Crippen LogP contribution in [0.3, 0.4) is 0 Å². The van der Waals surface area contributed by atoms with Gasteiger partial charge in [0, 0.05) is 36.6 Å². The zero-order valence-corrected chi connectivity index (χ0v) is 18.6. The van der Waals surface area contributed by atoms with E-state index in [9.17, 15) is 9.18 Å². The molecule has 0 saturated heterocycles. The molecule has 1 N–H and O–H groups in total. The van der Waals surface area contributed by atoms with E-state index in [4.69, 9.17) is 4.74 Å². The van der Waals surface area contributed by atoms with Gasteiger partial charge < -0.3 is 10.1 Å². The number of nitrogens with one attached hydrogen (secondary N) is 1. The van der Waals surface area contributed by atoms with Crippen molar-refractivity contribution in [2.45, 2.75) is 38.9 Å². The zero-order valence-electron chi connectivity index (χ0n) is 18.6. The molecular weight excluding hydrogens is 405 g/mol. The van der Waals surface area contributed by atoms with Gasteiger partial charge in [0.1, 0.15) is 24.2 Å². The molecule has 0 fully saturated rings. The maximum Gasteiger partial charge on any atom is 0.242 e. The number of halogens is 1. The molecule has 1 unspecified atom stereocenters. The third-order valence-electron chi connectivity index (χ3n) is 5.40. The molecule has 166 valence electrons. The van der Waals surface area contributed by atoms with Crippen LogP contribution in [0, 0.1) is 5.82 Å². The van der Waals surface area contributed by atoms with E-state index in [1.54, 1.807) is 24.5 Å². The SMILES string of the molecule is CC(C)(C)NC(=O)C1c2cnccc2OCCN1Cc1ccccc1-c1ccc(F)cc1. The molecular formula is C26H28FN3O2. The molecule has 0 radical (unpaired) electrons. The van der Waals surface area contributed by atoms with Gasteiger partial charge in [-0.1, -0.05) is 36.4 Å². The first-order valence-corrected chi connectivity index (χ1v) is 10.8. The van der Waals surface area contributed by atoms with Gasteiger partial charge in [-0.15, -0.1) is 0 Å². The summed E-state index contributed by atoms with van der Waals surface area (Å²) >= 11 is 0. The first kappa shape index (κ1) is 22.0. The smallest absolute Gasteiger partial charge is 0.242 e. The van der Waals surface area contributed by atoms with Crippen molar-refractivity contribution in [1.29, 1.82) is 0 Å². The van der Waals surface area contributed by atoms with Gasteiger partial charge in [0.25, 0.3) is 0 Å². The van der Waals surface area contributed by atoms with Crippen LogP contribution in [0.25, 0.3) is 11.1 Å². The Morgan fingerprint density at radius 1 is 1.16 bits per heavy atom. The molecule has 0 spiro atoms. The van der Waals surface area contributed by atoms with Crippen LogP contribution in [-0.4, -0.2) is 34.5 Å². The van der Waals surface area contributed by atoms with Crippen molar-refractivity contribution < 1.29 is 13.9 Å². The predicted octanol–water partition coefficient (Wildman–Crippen LogP) is 4.74. The molecule has 2 aromatic carbocycles. The van der Waals surface area contributed by atoms with Crippen molar-refractivity contribution in [3.05, 3.63) is 83.9 Å². The summed E-state index contributed by atoms with van der Waals surface area (Å²) in [4.78, 5) is 19.8. The van der Waals surface area contributed by atoms with Crippen molar-refractivity contribution in [3.8, 4) is 16.9 Å². The Balaban J connectivity index is 1.72. The molecule has 6 heteroatoms. The summed E-state index contributed by atoms with van der Waals surface area (Å²) in [6.07, 6.45) is 3.39. The highest BCUT2D eigenvalue weighted by atomic mass is 19.1. The fourth-order valence-electron chi connectivity index (χ4n) is 4.03. The minimum absolute atomic E-state index is 0.0866. The first-order chi connectivity index (χ1) is 15.3. The molecule has 2 heterocycles. The second-order valence-corrected chi connectivity index (χ2v) is 9.04. The van der Waals surface area contributed by atoms with Crippen molar-refractivity contribution in [2.75, 3.05) is 13.2 Å². The number of benzene rings is 2. The second kappa shape index (κ2) is 9.09. The van der Waals surface area contributed by atoms with Crippen molar-refractivity contribution in [3.63, 3.8) is 0 Å². The Labute approximate surface area is 188 Å². The first-order valence-electron chi connectivity index (χ1n) is 10.8. The van der Waals surface area contributed by atoms with Gasteiger partial charge >= 0.3 is 0 Å². The van der Waals surface area contributed by atoms with Gasteiger partial charge in [0.05, 0.1) is 0 Å². The van der Waals surface area contributed by atoms with E-state index < -0.39 is 6.04 Å². The maximum atomic E-state index is 13.5. The van der Waals surface area contributed by atoms with Crippen LogP contribution in [0.5, 0.6) is 5.75 Å². The number of hydrogen-bond donors (Lipinski definition) is 1. The highest BCUT2D eigenvalue weighted by molar-refractivity contribution is 5.84. The highest BCUT2D eigenvalue weighted by Gasteiger charge is 2.34. The molecule has 1 amide bonds. The molecule has 32 heavy (non-hydrogen) atoms. The Hall–Kier alpha value is -3.25. The maximum absolute atomic E-state index is 13.5. The Morgan fingerprint density at radius 2 is 1.91 bits per heavy atom. The van der Waals surface area contributed by atoms with Crippen molar-refractivity contribution >= 4 is 5.91 Å². The van der Waals surface area contributed by atoms with Crippen LogP contribution < -0.4 is 10.1 Å². The molecule has 0 bridgehead atoms. The summed E-state index contributed by atoms with van der Waals surface area (Å²) in [5.74, 6) is 0.332. The van der Waals surface area contributed by atoms with Crippen molar-refractivity contribution in [1.82, 2.24) is 15.2 Å². The Morgan fingerprint density at radius 3 is 2.66 bits per heavy atom. The van der Waals surface area contributed by atoms with E-state index in [1.807, 2.05) is 51.1 Å². The van der Waals surface area contributed by atoms with E-state index in [0.29, 0.717) is 25.4 Å². The van der Waals surface area contributed by atoms with Gasteiger partial charge in [-0.2, -0.15) is 0 Å². The molecule has 1 atom stereocenters. The van der Waals surface area contributed by atoms with Gasteiger partial charge in [0.2, 0.25) is 5.91 Å². The third kappa shape index (κ3) is 4.97. The van der Waals surface area contributed by atoms with Crippen LogP contribution >= 0.6 is 0 Å². The van der Waals surface area contributed by atoms with Crippen LogP contribution in [-0.2, 0) is 11.3 Å². The molecule has 3 aromatic rings.